The van der Waals surface area contributed by atoms with E-state index in [4.69, 9.17) is 0 Å². The summed E-state index contributed by atoms with van der Waals surface area (Å²) in [4.78, 5) is 13.7. The number of para-hydroxylation sites is 1. The largest absolute Gasteiger partial charge is 0.368 e. The normalized spacial score (nSPS) is 15.5. The second kappa shape index (κ2) is 5.33. The van der Waals surface area contributed by atoms with E-state index in [0.29, 0.717) is 0 Å². The lowest BCUT2D eigenvalue weighted by Gasteiger charge is -2.36. The molecule has 3 heterocycles. The second-order valence-corrected chi connectivity index (χ2v) is 5.67. The molecule has 1 aliphatic heterocycles. The van der Waals surface area contributed by atoms with Gasteiger partial charge in [-0.15, -0.1) is 0 Å². The van der Waals surface area contributed by atoms with Crippen LogP contribution in [0.2, 0.25) is 0 Å². The molecule has 0 spiro atoms. The first-order valence-electron chi connectivity index (χ1n) is 7.64. The molecule has 1 fully saturated rings. The van der Waals surface area contributed by atoms with Crippen LogP contribution in [0.1, 0.15) is 0 Å². The van der Waals surface area contributed by atoms with Crippen LogP contribution < -0.4 is 9.80 Å². The lowest BCUT2D eigenvalue weighted by Crippen LogP contribution is -2.46. The fraction of sp³-hybridized carbons (Fsp3) is 0.294. The molecule has 1 saturated heterocycles. The molecule has 1 aliphatic rings. The number of aryl methyl sites for hydroxylation is 1. The lowest BCUT2D eigenvalue weighted by molar-refractivity contribution is 0.649. The van der Waals surface area contributed by atoms with Crippen molar-refractivity contribution in [3.63, 3.8) is 0 Å². The molecule has 0 aliphatic carbocycles. The number of piperazine rings is 1. The van der Waals surface area contributed by atoms with E-state index in [1.54, 1.807) is 6.33 Å². The van der Waals surface area contributed by atoms with Crippen molar-refractivity contribution in [3.05, 3.63) is 48.9 Å². The Kier molecular flexibility index (Phi) is 3.18. The van der Waals surface area contributed by atoms with Gasteiger partial charge in [-0.3, -0.25) is 0 Å². The van der Waals surface area contributed by atoms with Crippen molar-refractivity contribution in [2.45, 2.75) is 0 Å². The van der Waals surface area contributed by atoms with Gasteiger partial charge in [0, 0.05) is 45.1 Å². The number of nitrogens with zero attached hydrogens (tertiary/aromatic N) is 5. The molecule has 0 N–H and O–H groups in total. The quantitative estimate of drug-likeness (QED) is 0.726. The molecule has 0 unspecified atom stereocenters. The number of anilines is 2. The van der Waals surface area contributed by atoms with Gasteiger partial charge in [-0.05, 0) is 18.2 Å². The SMILES string of the molecule is Cn1ccc2c(N3CCN(c4ccccc4)CC3)ncnc21. The third-order valence-corrected chi connectivity index (χ3v) is 4.34. The van der Waals surface area contributed by atoms with Gasteiger partial charge < -0.3 is 14.4 Å². The molecule has 5 heteroatoms. The first-order valence-corrected chi connectivity index (χ1v) is 7.64. The Labute approximate surface area is 129 Å². The maximum atomic E-state index is 4.52. The average Bonchev–Trinajstić information content (AvgIpc) is 2.97. The van der Waals surface area contributed by atoms with Gasteiger partial charge in [-0.2, -0.15) is 0 Å². The number of hydrogen-bond acceptors (Lipinski definition) is 4. The van der Waals surface area contributed by atoms with Crippen molar-refractivity contribution >= 4 is 22.5 Å². The Hall–Kier alpha value is -2.56. The molecule has 5 nitrogen and oxygen atoms in total. The summed E-state index contributed by atoms with van der Waals surface area (Å²) in [6, 6.07) is 12.7. The Morgan fingerprint density at radius 1 is 0.864 bits per heavy atom. The summed E-state index contributed by atoms with van der Waals surface area (Å²) >= 11 is 0. The maximum absolute atomic E-state index is 4.52. The molecule has 0 bridgehead atoms. The molecule has 1 aromatic carbocycles. The molecule has 0 atom stereocenters. The highest BCUT2D eigenvalue weighted by Crippen LogP contribution is 2.25. The fourth-order valence-corrected chi connectivity index (χ4v) is 3.13. The third-order valence-electron chi connectivity index (χ3n) is 4.34. The van der Waals surface area contributed by atoms with E-state index in [0.717, 1.165) is 43.0 Å². The minimum Gasteiger partial charge on any atom is -0.368 e. The van der Waals surface area contributed by atoms with E-state index in [9.17, 15) is 0 Å². The van der Waals surface area contributed by atoms with E-state index in [2.05, 4.69) is 56.2 Å². The molecule has 112 valence electrons. The maximum Gasteiger partial charge on any atom is 0.145 e. The van der Waals surface area contributed by atoms with Gasteiger partial charge in [0.2, 0.25) is 0 Å². The molecule has 0 saturated carbocycles. The van der Waals surface area contributed by atoms with Crippen molar-refractivity contribution in [1.29, 1.82) is 0 Å². The topological polar surface area (TPSA) is 37.2 Å². The van der Waals surface area contributed by atoms with Crippen molar-refractivity contribution < 1.29 is 0 Å². The van der Waals surface area contributed by atoms with Crippen LogP contribution in [0.5, 0.6) is 0 Å². The van der Waals surface area contributed by atoms with Crippen molar-refractivity contribution in [1.82, 2.24) is 14.5 Å². The summed E-state index contributed by atoms with van der Waals surface area (Å²) in [5, 5.41) is 1.14. The zero-order valence-corrected chi connectivity index (χ0v) is 12.7. The summed E-state index contributed by atoms with van der Waals surface area (Å²) in [6.45, 7) is 4.00. The van der Waals surface area contributed by atoms with Crippen molar-refractivity contribution in [2.24, 2.45) is 7.05 Å². The highest BCUT2D eigenvalue weighted by molar-refractivity contribution is 5.87. The molecular weight excluding hydrogens is 274 g/mol. The van der Waals surface area contributed by atoms with Crippen molar-refractivity contribution in [2.75, 3.05) is 36.0 Å². The summed E-state index contributed by atoms with van der Waals surface area (Å²) in [5.41, 5.74) is 2.30. The Morgan fingerprint density at radius 3 is 2.36 bits per heavy atom. The molecule has 2 aromatic heterocycles. The first kappa shape index (κ1) is 13.1. The smallest absolute Gasteiger partial charge is 0.145 e. The van der Waals surface area contributed by atoms with Gasteiger partial charge in [-0.1, -0.05) is 18.2 Å². The molecule has 22 heavy (non-hydrogen) atoms. The van der Waals surface area contributed by atoms with Gasteiger partial charge >= 0.3 is 0 Å². The second-order valence-electron chi connectivity index (χ2n) is 5.67. The number of benzene rings is 1. The van der Waals surface area contributed by atoms with Crippen LogP contribution in [0.3, 0.4) is 0 Å². The summed E-state index contributed by atoms with van der Waals surface area (Å²) in [7, 11) is 2.02. The van der Waals surface area contributed by atoms with E-state index < -0.39 is 0 Å². The summed E-state index contributed by atoms with van der Waals surface area (Å²) < 4.78 is 2.04. The van der Waals surface area contributed by atoms with E-state index in [1.807, 2.05) is 17.8 Å². The molecule has 0 amide bonds. The van der Waals surface area contributed by atoms with Crippen molar-refractivity contribution in [3.8, 4) is 0 Å². The number of rotatable bonds is 2. The molecule has 0 radical (unpaired) electrons. The molecular formula is C17H19N5. The third kappa shape index (κ3) is 2.19. The molecule has 4 rings (SSSR count). The minimum atomic E-state index is 0.982. The Morgan fingerprint density at radius 2 is 1.59 bits per heavy atom. The number of hydrogen-bond donors (Lipinski definition) is 0. The zero-order chi connectivity index (χ0) is 14.9. The van der Waals surface area contributed by atoms with Crippen LogP contribution in [0.4, 0.5) is 11.5 Å². The van der Waals surface area contributed by atoms with Gasteiger partial charge in [0.05, 0.1) is 5.39 Å². The van der Waals surface area contributed by atoms with E-state index in [1.165, 1.54) is 5.69 Å². The van der Waals surface area contributed by atoms with Crippen LogP contribution in [0.25, 0.3) is 11.0 Å². The standard InChI is InChI=1S/C17H19N5/c1-20-8-7-15-16(20)18-13-19-17(15)22-11-9-21(10-12-22)14-5-3-2-4-6-14/h2-8,13H,9-12H2,1H3. The van der Waals surface area contributed by atoms with Crippen LogP contribution in [-0.4, -0.2) is 40.7 Å². The summed E-state index contributed by atoms with van der Waals surface area (Å²) in [5.74, 6) is 1.05. The van der Waals surface area contributed by atoms with Crippen LogP contribution in [-0.2, 0) is 7.05 Å². The number of fused-ring (bicyclic) bond motifs is 1. The highest BCUT2D eigenvalue weighted by atomic mass is 15.3. The zero-order valence-electron chi connectivity index (χ0n) is 12.7. The average molecular weight is 293 g/mol. The van der Waals surface area contributed by atoms with Gasteiger partial charge in [-0.25, -0.2) is 9.97 Å². The van der Waals surface area contributed by atoms with Gasteiger partial charge in [0.25, 0.3) is 0 Å². The number of aromatic nitrogens is 3. The Balaban J connectivity index is 1.56. The van der Waals surface area contributed by atoms with E-state index >= 15 is 0 Å². The highest BCUT2D eigenvalue weighted by Gasteiger charge is 2.20. The van der Waals surface area contributed by atoms with Crippen LogP contribution in [0.15, 0.2) is 48.9 Å². The van der Waals surface area contributed by atoms with Gasteiger partial charge in [0.15, 0.2) is 0 Å². The Bertz CT molecular complexity index is 772. The predicted molar refractivity (Wildman–Crippen MR) is 89.4 cm³/mol. The fourth-order valence-electron chi connectivity index (χ4n) is 3.13. The monoisotopic (exact) mass is 293 g/mol. The van der Waals surface area contributed by atoms with Crippen LogP contribution >= 0.6 is 0 Å². The summed E-state index contributed by atoms with van der Waals surface area (Å²) in [6.07, 6.45) is 3.71. The minimum absolute atomic E-state index is 0.982. The predicted octanol–water partition coefficient (Wildman–Crippen LogP) is 2.29. The van der Waals surface area contributed by atoms with Crippen LogP contribution in [0, 0.1) is 0 Å². The first-order chi connectivity index (χ1) is 10.8. The lowest BCUT2D eigenvalue weighted by atomic mass is 10.2. The molecule has 3 aromatic rings. The van der Waals surface area contributed by atoms with E-state index in [-0.39, 0.29) is 0 Å². The van der Waals surface area contributed by atoms with Gasteiger partial charge in [0.1, 0.15) is 17.8 Å².